The number of hydrogen-bond acceptors (Lipinski definition) is 6. The monoisotopic (exact) mass is 539 g/mol. The number of rotatable bonds is 4. The highest BCUT2D eigenvalue weighted by molar-refractivity contribution is 7.93. The highest BCUT2D eigenvalue weighted by Crippen LogP contribution is 2.39. The Hall–Kier alpha value is -3.40. The predicted molar refractivity (Wildman–Crippen MR) is 153 cm³/mol. The average Bonchev–Trinajstić information content (AvgIpc) is 3.38. The lowest BCUT2D eigenvalue weighted by Crippen LogP contribution is -2.50. The first-order valence-corrected chi connectivity index (χ1v) is 14.8. The van der Waals surface area contributed by atoms with Gasteiger partial charge in [-0.25, -0.2) is 13.2 Å². The van der Waals surface area contributed by atoms with Crippen molar-refractivity contribution in [3.8, 4) is 11.3 Å². The molecule has 9 nitrogen and oxygen atoms in total. The van der Waals surface area contributed by atoms with Crippen molar-refractivity contribution < 1.29 is 17.9 Å². The molecule has 3 aromatic rings. The van der Waals surface area contributed by atoms with Gasteiger partial charge in [-0.15, -0.1) is 0 Å². The minimum Gasteiger partial charge on any atom is -0.444 e. The summed E-state index contributed by atoms with van der Waals surface area (Å²) >= 11 is 0. The topological polar surface area (TPSA) is 101 Å². The largest absolute Gasteiger partial charge is 0.444 e. The van der Waals surface area contributed by atoms with Gasteiger partial charge >= 0.3 is 6.09 Å². The first-order valence-electron chi connectivity index (χ1n) is 13.2. The van der Waals surface area contributed by atoms with Crippen molar-refractivity contribution >= 4 is 44.1 Å². The minimum atomic E-state index is -3.22. The van der Waals surface area contributed by atoms with Crippen LogP contribution in [0.3, 0.4) is 0 Å². The molecule has 0 aliphatic carbocycles. The third kappa shape index (κ3) is 4.89. The van der Waals surface area contributed by atoms with E-state index in [2.05, 4.69) is 34.6 Å². The van der Waals surface area contributed by atoms with Gasteiger partial charge in [0.05, 0.1) is 28.3 Å². The standard InChI is InChI=1S/C28H37N5O4S/c1-5-32-24-19-22(30-14-16-31(17-15-30)27(34)37-28(2,3)4)11-12-23(24)25(29)26(32)20-7-9-21(10-8-20)33-13-6-18-38(33,35)36/h7-12,19H,5-6,13-18,29H2,1-4H3. The molecule has 2 aliphatic heterocycles. The van der Waals surface area contributed by atoms with Crippen molar-refractivity contribution in [3.63, 3.8) is 0 Å². The first-order chi connectivity index (χ1) is 18.0. The fraction of sp³-hybridized carbons (Fsp3) is 0.464. The van der Waals surface area contributed by atoms with Crippen molar-refractivity contribution in [2.45, 2.75) is 46.3 Å². The van der Waals surface area contributed by atoms with Crippen molar-refractivity contribution in [2.75, 3.05) is 53.4 Å². The van der Waals surface area contributed by atoms with Gasteiger partial charge in [-0.3, -0.25) is 4.31 Å². The number of fused-ring (bicyclic) bond motifs is 1. The lowest BCUT2D eigenvalue weighted by atomic mass is 10.1. The molecule has 204 valence electrons. The van der Waals surface area contributed by atoms with Gasteiger partial charge in [0.1, 0.15) is 5.60 Å². The number of aryl methyl sites for hydroxylation is 1. The van der Waals surface area contributed by atoms with Gasteiger partial charge in [0.25, 0.3) is 0 Å². The Morgan fingerprint density at radius 2 is 1.63 bits per heavy atom. The third-order valence-corrected chi connectivity index (χ3v) is 9.10. The summed E-state index contributed by atoms with van der Waals surface area (Å²) in [5.41, 5.74) is 11.6. The van der Waals surface area contributed by atoms with Gasteiger partial charge < -0.3 is 24.8 Å². The van der Waals surface area contributed by atoms with Crippen LogP contribution in [0.25, 0.3) is 22.2 Å². The lowest BCUT2D eigenvalue weighted by molar-refractivity contribution is 0.0240. The molecule has 0 radical (unpaired) electrons. The maximum absolute atomic E-state index is 12.5. The molecule has 3 heterocycles. The summed E-state index contributed by atoms with van der Waals surface area (Å²) in [4.78, 5) is 16.5. The second-order valence-electron chi connectivity index (χ2n) is 11.0. The molecule has 0 unspecified atom stereocenters. The van der Waals surface area contributed by atoms with E-state index in [1.54, 1.807) is 4.90 Å². The summed E-state index contributed by atoms with van der Waals surface area (Å²) in [6, 6.07) is 14.0. The zero-order valence-corrected chi connectivity index (χ0v) is 23.4. The van der Waals surface area contributed by atoms with Gasteiger partial charge in [0, 0.05) is 55.9 Å². The van der Waals surface area contributed by atoms with E-state index in [1.165, 1.54) is 4.31 Å². The Bertz CT molecular complexity index is 1450. The van der Waals surface area contributed by atoms with E-state index in [1.807, 2.05) is 45.0 Å². The molecule has 2 saturated heterocycles. The number of amides is 1. The molecule has 0 spiro atoms. The molecular weight excluding hydrogens is 502 g/mol. The van der Waals surface area contributed by atoms with Gasteiger partial charge in [-0.05, 0) is 64.4 Å². The molecule has 10 heteroatoms. The van der Waals surface area contributed by atoms with Crippen LogP contribution in [0.2, 0.25) is 0 Å². The zero-order valence-electron chi connectivity index (χ0n) is 22.6. The molecule has 2 fully saturated rings. The second-order valence-corrected chi connectivity index (χ2v) is 13.0. The normalized spacial score (nSPS) is 17.8. The van der Waals surface area contributed by atoms with Crippen LogP contribution in [-0.4, -0.2) is 68.1 Å². The van der Waals surface area contributed by atoms with Crippen LogP contribution >= 0.6 is 0 Å². The van der Waals surface area contributed by atoms with E-state index in [-0.39, 0.29) is 11.8 Å². The van der Waals surface area contributed by atoms with E-state index < -0.39 is 15.6 Å². The number of carbonyl (C=O) groups is 1. The molecule has 0 bridgehead atoms. The fourth-order valence-corrected chi connectivity index (χ4v) is 6.95. The number of nitrogen functional groups attached to an aromatic ring is 1. The number of anilines is 3. The van der Waals surface area contributed by atoms with E-state index in [4.69, 9.17) is 10.5 Å². The molecular formula is C28H37N5O4S. The van der Waals surface area contributed by atoms with Crippen LogP contribution in [0.1, 0.15) is 34.1 Å². The van der Waals surface area contributed by atoms with Crippen molar-refractivity contribution in [1.82, 2.24) is 9.47 Å². The fourth-order valence-electron chi connectivity index (χ4n) is 5.39. The smallest absolute Gasteiger partial charge is 0.410 e. The summed E-state index contributed by atoms with van der Waals surface area (Å²) in [6.07, 6.45) is 0.387. The van der Waals surface area contributed by atoms with Crippen molar-refractivity contribution in [2.24, 2.45) is 0 Å². The first kappa shape index (κ1) is 26.2. The van der Waals surface area contributed by atoms with Crippen LogP contribution in [0.15, 0.2) is 42.5 Å². The number of hydrogen-bond donors (Lipinski definition) is 1. The van der Waals surface area contributed by atoms with E-state index >= 15 is 0 Å². The molecule has 2 aliphatic rings. The molecule has 2 N–H and O–H groups in total. The number of ether oxygens (including phenoxy) is 1. The van der Waals surface area contributed by atoms with Gasteiger partial charge in [0.15, 0.2) is 0 Å². The molecule has 0 saturated carbocycles. The van der Waals surface area contributed by atoms with Crippen LogP contribution in [0, 0.1) is 0 Å². The molecule has 38 heavy (non-hydrogen) atoms. The maximum Gasteiger partial charge on any atom is 0.410 e. The van der Waals surface area contributed by atoms with Gasteiger partial charge in [-0.1, -0.05) is 12.1 Å². The number of aromatic nitrogens is 1. The van der Waals surface area contributed by atoms with Gasteiger partial charge in [0.2, 0.25) is 10.0 Å². The summed E-state index contributed by atoms with van der Waals surface area (Å²) in [5.74, 6) is 0.199. The summed E-state index contributed by atoms with van der Waals surface area (Å²) in [6.45, 7) is 11.7. The lowest BCUT2D eigenvalue weighted by Gasteiger charge is -2.36. The summed E-state index contributed by atoms with van der Waals surface area (Å²) < 4.78 is 33.9. The Morgan fingerprint density at radius 3 is 2.21 bits per heavy atom. The Kier molecular flexibility index (Phi) is 6.71. The Morgan fingerprint density at radius 1 is 0.974 bits per heavy atom. The predicted octanol–water partition coefficient (Wildman–Crippen LogP) is 4.51. The average molecular weight is 540 g/mol. The van der Waals surface area contributed by atoms with E-state index in [0.29, 0.717) is 37.4 Å². The molecule has 5 rings (SSSR count). The van der Waals surface area contributed by atoms with E-state index in [9.17, 15) is 13.2 Å². The number of nitrogens with zero attached hydrogens (tertiary/aromatic N) is 4. The SMILES string of the molecule is CCn1c(-c2ccc(N3CCCS3(=O)=O)cc2)c(N)c2ccc(N3CCN(C(=O)OC(C)(C)C)CC3)cc21. The van der Waals surface area contributed by atoms with Crippen LogP contribution in [0.5, 0.6) is 0 Å². The highest BCUT2D eigenvalue weighted by Gasteiger charge is 2.29. The number of piperazine rings is 1. The maximum atomic E-state index is 12.5. The number of carbonyl (C=O) groups excluding carboxylic acids is 1. The Balaban J connectivity index is 1.40. The number of sulfonamides is 1. The molecule has 1 amide bonds. The van der Waals surface area contributed by atoms with Crippen LogP contribution in [0.4, 0.5) is 21.9 Å². The minimum absolute atomic E-state index is 0.199. The third-order valence-electron chi connectivity index (χ3n) is 7.23. The van der Waals surface area contributed by atoms with Crippen LogP contribution in [-0.2, 0) is 21.3 Å². The molecule has 0 atom stereocenters. The zero-order chi connectivity index (χ0) is 27.2. The van der Waals surface area contributed by atoms with Crippen molar-refractivity contribution in [3.05, 3.63) is 42.5 Å². The second kappa shape index (κ2) is 9.72. The van der Waals surface area contributed by atoms with Crippen LogP contribution < -0.4 is 14.9 Å². The number of nitrogens with two attached hydrogens (primary N) is 1. The Labute approximate surface area is 224 Å². The quantitative estimate of drug-likeness (QED) is 0.524. The summed E-state index contributed by atoms with van der Waals surface area (Å²) in [7, 11) is -3.22. The van der Waals surface area contributed by atoms with Crippen molar-refractivity contribution in [1.29, 1.82) is 0 Å². The molecule has 2 aromatic carbocycles. The number of benzene rings is 2. The molecule has 1 aromatic heterocycles. The van der Waals surface area contributed by atoms with Gasteiger partial charge in [-0.2, -0.15) is 0 Å². The highest BCUT2D eigenvalue weighted by atomic mass is 32.2. The summed E-state index contributed by atoms with van der Waals surface area (Å²) in [5, 5.41) is 0.990. The van der Waals surface area contributed by atoms with E-state index in [0.717, 1.165) is 47.5 Å².